The maximum absolute atomic E-state index is 5.33. The fourth-order valence-electron chi connectivity index (χ4n) is 0.542. The van der Waals surface area contributed by atoms with Crippen molar-refractivity contribution in [3.63, 3.8) is 0 Å². The SMILES string of the molecule is CCOC1SC=CN1I. The van der Waals surface area contributed by atoms with Crippen LogP contribution < -0.4 is 0 Å². The van der Waals surface area contributed by atoms with Crippen molar-refractivity contribution in [2.45, 2.75) is 12.5 Å². The maximum atomic E-state index is 5.33. The zero-order valence-corrected chi connectivity index (χ0v) is 8.05. The van der Waals surface area contributed by atoms with Crippen LogP contribution in [0.3, 0.4) is 0 Å². The highest BCUT2D eigenvalue weighted by Gasteiger charge is 2.16. The third-order valence-electron chi connectivity index (χ3n) is 0.909. The van der Waals surface area contributed by atoms with E-state index in [0.29, 0.717) is 0 Å². The average Bonchev–Trinajstić information content (AvgIpc) is 2.18. The molecule has 1 unspecified atom stereocenters. The first kappa shape index (κ1) is 7.68. The van der Waals surface area contributed by atoms with Crippen LogP contribution in [0, 0.1) is 0 Å². The Morgan fingerprint density at radius 3 is 3.11 bits per heavy atom. The quantitative estimate of drug-likeness (QED) is 0.555. The number of halogens is 1. The molecule has 0 spiro atoms. The molecule has 1 heterocycles. The van der Waals surface area contributed by atoms with E-state index in [9.17, 15) is 0 Å². The lowest BCUT2D eigenvalue weighted by molar-refractivity contribution is 0.0851. The van der Waals surface area contributed by atoms with Crippen molar-refractivity contribution in [3.05, 3.63) is 11.6 Å². The second-order valence-corrected chi connectivity index (χ2v) is 3.59. The molecule has 0 fully saturated rings. The van der Waals surface area contributed by atoms with Gasteiger partial charge >= 0.3 is 0 Å². The Hall–Kier alpha value is 0.580. The van der Waals surface area contributed by atoms with Gasteiger partial charge in [0.25, 0.3) is 0 Å². The monoisotopic (exact) mass is 257 g/mol. The van der Waals surface area contributed by atoms with Crippen molar-refractivity contribution in [2.24, 2.45) is 0 Å². The summed E-state index contributed by atoms with van der Waals surface area (Å²) in [7, 11) is 0. The summed E-state index contributed by atoms with van der Waals surface area (Å²) in [6, 6.07) is 0. The van der Waals surface area contributed by atoms with Crippen molar-refractivity contribution < 1.29 is 4.74 Å². The fraction of sp³-hybridized carbons (Fsp3) is 0.600. The predicted molar refractivity (Wildman–Crippen MR) is 48.0 cm³/mol. The smallest absolute Gasteiger partial charge is 0.190 e. The number of nitrogens with zero attached hydrogens (tertiary/aromatic N) is 1. The third kappa shape index (κ3) is 2.01. The van der Waals surface area contributed by atoms with E-state index in [0.717, 1.165) is 6.61 Å². The Balaban J connectivity index is 2.28. The summed E-state index contributed by atoms with van der Waals surface area (Å²) in [4.78, 5) is 0. The van der Waals surface area contributed by atoms with Crippen LogP contribution in [0.25, 0.3) is 0 Å². The van der Waals surface area contributed by atoms with Crippen LogP contribution in [0.1, 0.15) is 6.92 Å². The van der Waals surface area contributed by atoms with Gasteiger partial charge in [-0.1, -0.05) is 11.8 Å². The summed E-state index contributed by atoms with van der Waals surface area (Å²) in [5, 5.41) is 2.03. The van der Waals surface area contributed by atoms with Crippen molar-refractivity contribution in [2.75, 3.05) is 6.61 Å². The molecule has 0 aromatic carbocycles. The molecule has 0 aromatic rings. The first-order chi connectivity index (χ1) is 4.34. The highest BCUT2D eigenvalue weighted by atomic mass is 127. The highest BCUT2D eigenvalue weighted by molar-refractivity contribution is 14.1. The van der Waals surface area contributed by atoms with Gasteiger partial charge in [0.05, 0.1) is 22.9 Å². The molecule has 0 saturated heterocycles. The third-order valence-corrected chi connectivity index (χ3v) is 2.99. The number of hydrogen-bond acceptors (Lipinski definition) is 3. The molecule has 0 aromatic heterocycles. The number of rotatable bonds is 2. The Bertz CT molecular complexity index is 120. The van der Waals surface area contributed by atoms with Crippen LogP contribution in [0.2, 0.25) is 0 Å². The molecule has 0 aliphatic carbocycles. The second-order valence-electron chi connectivity index (χ2n) is 1.53. The van der Waals surface area contributed by atoms with Crippen molar-refractivity contribution in [1.82, 2.24) is 3.11 Å². The van der Waals surface area contributed by atoms with Gasteiger partial charge in [0.1, 0.15) is 0 Å². The molecule has 52 valence electrons. The summed E-state index contributed by atoms with van der Waals surface area (Å²) < 4.78 is 7.35. The van der Waals surface area contributed by atoms with E-state index in [4.69, 9.17) is 4.74 Å². The molecule has 1 rings (SSSR count). The summed E-state index contributed by atoms with van der Waals surface area (Å²) in [5.41, 5.74) is 0.204. The number of hydrogen-bond donors (Lipinski definition) is 0. The lowest BCUT2D eigenvalue weighted by Gasteiger charge is -2.16. The molecule has 0 bridgehead atoms. The first-order valence-corrected chi connectivity index (χ1v) is 4.63. The minimum absolute atomic E-state index is 0.204. The van der Waals surface area contributed by atoms with Crippen molar-refractivity contribution in [3.8, 4) is 0 Å². The Morgan fingerprint density at radius 2 is 2.67 bits per heavy atom. The van der Waals surface area contributed by atoms with E-state index in [2.05, 4.69) is 22.9 Å². The molecular formula is C5H8INOS. The van der Waals surface area contributed by atoms with Gasteiger partial charge in [-0.2, -0.15) is 0 Å². The largest absolute Gasteiger partial charge is 0.348 e. The predicted octanol–water partition coefficient (Wildman–Crippen LogP) is 2.18. The van der Waals surface area contributed by atoms with Crippen LogP contribution in [-0.2, 0) is 4.74 Å². The van der Waals surface area contributed by atoms with Gasteiger partial charge < -0.3 is 4.74 Å². The van der Waals surface area contributed by atoms with Crippen LogP contribution in [0.5, 0.6) is 0 Å². The Morgan fingerprint density at radius 1 is 1.89 bits per heavy atom. The van der Waals surface area contributed by atoms with Gasteiger partial charge in [-0.25, -0.2) is 0 Å². The van der Waals surface area contributed by atoms with E-state index in [1.54, 1.807) is 11.8 Å². The summed E-state index contributed by atoms with van der Waals surface area (Å²) >= 11 is 3.91. The number of thioether (sulfide) groups is 1. The van der Waals surface area contributed by atoms with E-state index in [-0.39, 0.29) is 5.56 Å². The van der Waals surface area contributed by atoms with E-state index < -0.39 is 0 Å². The number of ether oxygens (including phenoxy) is 1. The van der Waals surface area contributed by atoms with Crippen LogP contribution in [0.4, 0.5) is 0 Å². The standard InChI is InChI=1S/C5H8INOS/c1-2-8-5-7(6)3-4-9-5/h3-5H,2H2,1H3. The normalized spacial score (nSPS) is 25.6. The van der Waals surface area contributed by atoms with Gasteiger partial charge in [0.2, 0.25) is 0 Å². The molecule has 2 nitrogen and oxygen atoms in total. The lowest BCUT2D eigenvalue weighted by atomic mass is 10.9. The molecule has 1 atom stereocenters. The molecule has 0 N–H and O–H groups in total. The fourth-order valence-corrected chi connectivity index (χ4v) is 2.21. The molecule has 0 saturated carbocycles. The second kappa shape index (κ2) is 3.68. The van der Waals surface area contributed by atoms with Gasteiger partial charge in [0, 0.05) is 12.8 Å². The molecule has 0 amide bonds. The molecule has 9 heavy (non-hydrogen) atoms. The summed E-state index contributed by atoms with van der Waals surface area (Å²) in [6.45, 7) is 2.78. The molecule has 0 radical (unpaired) electrons. The molecule has 1 aliphatic heterocycles. The highest BCUT2D eigenvalue weighted by Crippen LogP contribution is 2.28. The van der Waals surface area contributed by atoms with E-state index in [1.807, 2.05) is 21.6 Å². The van der Waals surface area contributed by atoms with Crippen LogP contribution in [0.15, 0.2) is 11.6 Å². The van der Waals surface area contributed by atoms with E-state index >= 15 is 0 Å². The average molecular weight is 257 g/mol. The van der Waals surface area contributed by atoms with Gasteiger partial charge in [-0.15, -0.1) is 0 Å². The summed E-state index contributed by atoms with van der Waals surface area (Å²) in [5.74, 6) is 0. The Kier molecular flexibility index (Phi) is 3.14. The van der Waals surface area contributed by atoms with Gasteiger partial charge in [-0.05, 0) is 12.3 Å². The topological polar surface area (TPSA) is 12.5 Å². The lowest BCUT2D eigenvalue weighted by Crippen LogP contribution is -2.17. The van der Waals surface area contributed by atoms with Crippen LogP contribution in [-0.4, -0.2) is 15.3 Å². The van der Waals surface area contributed by atoms with Crippen molar-refractivity contribution >= 4 is 34.6 Å². The summed E-state index contributed by atoms with van der Waals surface area (Å²) in [6.07, 6.45) is 2.01. The maximum Gasteiger partial charge on any atom is 0.190 e. The zero-order chi connectivity index (χ0) is 6.69. The van der Waals surface area contributed by atoms with Crippen molar-refractivity contribution in [1.29, 1.82) is 0 Å². The van der Waals surface area contributed by atoms with Gasteiger partial charge in [-0.3, -0.25) is 3.11 Å². The van der Waals surface area contributed by atoms with Crippen LogP contribution >= 0.6 is 34.6 Å². The zero-order valence-electron chi connectivity index (χ0n) is 5.08. The minimum Gasteiger partial charge on any atom is -0.348 e. The van der Waals surface area contributed by atoms with Gasteiger partial charge in [0.15, 0.2) is 5.56 Å². The minimum atomic E-state index is 0.204. The Labute approximate surface area is 73.1 Å². The van der Waals surface area contributed by atoms with E-state index in [1.165, 1.54) is 0 Å². The molecular weight excluding hydrogens is 249 g/mol. The molecule has 4 heteroatoms. The molecule has 1 aliphatic rings. The first-order valence-electron chi connectivity index (χ1n) is 2.72.